The molecule has 17 heavy (non-hydrogen) atoms. The molecule has 6 heteroatoms. The van der Waals surface area contributed by atoms with Crippen LogP contribution in [0.2, 0.25) is 5.02 Å². The number of aliphatic carboxylic acids is 1. The monoisotopic (exact) mass is 260 g/mol. The molecule has 94 valence electrons. The van der Waals surface area contributed by atoms with Crippen LogP contribution in [0.3, 0.4) is 0 Å². The van der Waals surface area contributed by atoms with Gasteiger partial charge in [0, 0.05) is 16.6 Å². The molecule has 1 aromatic rings. The van der Waals surface area contributed by atoms with E-state index in [1.807, 2.05) is 0 Å². The highest BCUT2D eigenvalue weighted by Crippen LogP contribution is 2.24. The third-order valence-electron chi connectivity index (χ3n) is 2.44. The Morgan fingerprint density at radius 1 is 1.65 bits per heavy atom. The van der Waals surface area contributed by atoms with Gasteiger partial charge < -0.3 is 16.2 Å². The van der Waals surface area contributed by atoms with Crippen molar-refractivity contribution in [3.63, 3.8) is 0 Å². The number of nitrogens with two attached hydrogens (primary N) is 1. The van der Waals surface area contributed by atoms with E-state index in [2.05, 4.69) is 5.32 Å². The fourth-order valence-electron chi connectivity index (χ4n) is 1.67. The molecule has 2 unspecified atom stereocenters. The second kappa shape index (κ2) is 5.95. The maximum absolute atomic E-state index is 13.6. The van der Waals surface area contributed by atoms with E-state index in [0.29, 0.717) is 5.02 Å². The maximum atomic E-state index is 13.6. The molecule has 0 saturated heterocycles. The van der Waals surface area contributed by atoms with Crippen molar-refractivity contribution in [1.82, 2.24) is 5.32 Å². The van der Waals surface area contributed by atoms with E-state index in [1.165, 1.54) is 18.2 Å². The van der Waals surface area contributed by atoms with Gasteiger partial charge in [0.2, 0.25) is 0 Å². The quantitative estimate of drug-likeness (QED) is 0.751. The highest BCUT2D eigenvalue weighted by Gasteiger charge is 2.23. The number of hydrogen-bond acceptors (Lipinski definition) is 3. The largest absolute Gasteiger partial charge is 0.481 e. The zero-order valence-electron chi connectivity index (χ0n) is 9.28. The molecule has 0 spiro atoms. The average molecular weight is 261 g/mol. The molecule has 1 rings (SSSR count). The Hall–Kier alpha value is -1.17. The molecule has 0 heterocycles. The average Bonchev–Trinajstić information content (AvgIpc) is 2.23. The first-order valence-corrected chi connectivity index (χ1v) is 5.43. The first-order valence-electron chi connectivity index (χ1n) is 5.05. The van der Waals surface area contributed by atoms with Crippen LogP contribution in [-0.4, -0.2) is 24.2 Å². The number of carboxylic acids is 1. The van der Waals surface area contributed by atoms with Crippen LogP contribution in [0.1, 0.15) is 18.0 Å². The van der Waals surface area contributed by atoms with Gasteiger partial charge in [-0.2, -0.15) is 0 Å². The molecule has 0 aliphatic carbocycles. The molecule has 0 radical (unpaired) electrons. The molecule has 4 N–H and O–H groups in total. The van der Waals surface area contributed by atoms with Crippen LogP contribution in [-0.2, 0) is 4.79 Å². The highest BCUT2D eigenvalue weighted by atomic mass is 35.5. The van der Waals surface area contributed by atoms with E-state index < -0.39 is 23.9 Å². The maximum Gasteiger partial charge on any atom is 0.304 e. The number of rotatable bonds is 5. The predicted molar refractivity (Wildman–Crippen MR) is 63.4 cm³/mol. The Labute approximate surface area is 104 Å². The van der Waals surface area contributed by atoms with Crippen molar-refractivity contribution in [2.75, 3.05) is 7.05 Å². The SMILES string of the molecule is CNC(c1cc(Cl)ccc1F)C(N)CC(=O)O. The summed E-state index contributed by atoms with van der Waals surface area (Å²) >= 11 is 5.78. The molecule has 0 fully saturated rings. The minimum atomic E-state index is -1.03. The van der Waals surface area contributed by atoms with Crippen LogP contribution < -0.4 is 11.1 Å². The van der Waals surface area contributed by atoms with Gasteiger partial charge in [0.05, 0.1) is 12.5 Å². The number of carbonyl (C=O) groups is 1. The smallest absolute Gasteiger partial charge is 0.304 e. The van der Waals surface area contributed by atoms with E-state index >= 15 is 0 Å². The molecule has 4 nitrogen and oxygen atoms in total. The van der Waals surface area contributed by atoms with Crippen LogP contribution in [0.15, 0.2) is 18.2 Å². The zero-order valence-corrected chi connectivity index (χ0v) is 10.0. The third kappa shape index (κ3) is 3.66. The summed E-state index contributed by atoms with van der Waals surface area (Å²) in [6, 6.07) is 2.78. The molecule has 1 aromatic carbocycles. The molecule has 0 saturated carbocycles. The first kappa shape index (κ1) is 13.9. The molecule has 0 amide bonds. The van der Waals surface area contributed by atoms with Crippen LogP contribution in [0.25, 0.3) is 0 Å². The summed E-state index contributed by atoms with van der Waals surface area (Å²) in [5.74, 6) is -1.49. The predicted octanol–water partition coefficient (Wildman–Crippen LogP) is 1.54. The van der Waals surface area contributed by atoms with Gasteiger partial charge in [-0.05, 0) is 25.2 Å². The van der Waals surface area contributed by atoms with Crippen molar-refractivity contribution in [3.05, 3.63) is 34.6 Å². The topological polar surface area (TPSA) is 75.3 Å². The van der Waals surface area contributed by atoms with E-state index in [1.54, 1.807) is 7.05 Å². The molecule has 2 atom stereocenters. The van der Waals surface area contributed by atoms with Gasteiger partial charge in [-0.1, -0.05) is 11.6 Å². The number of benzene rings is 1. The molecule has 0 aliphatic heterocycles. The minimum Gasteiger partial charge on any atom is -0.481 e. The van der Waals surface area contributed by atoms with E-state index in [-0.39, 0.29) is 12.0 Å². The lowest BCUT2D eigenvalue weighted by Crippen LogP contribution is -2.38. The van der Waals surface area contributed by atoms with E-state index in [4.69, 9.17) is 22.4 Å². The second-order valence-electron chi connectivity index (χ2n) is 3.69. The van der Waals surface area contributed by atoms with Gasteiger partial charge in [0.1, 0.15) is 5.82 Å². The van der Waals surface area contributed by atoms with Gasteiger partial charge in [0.15, 0.2) is 0 Å². The lowest BCUT2D eigenvalue weighted by molar-refractivity contribution is -0.137. The van der Waals surface area contributed by atoms with E-state index in [0.717, 1.165) is 0 Å². The van der Waals surface area contributed by atoms with Crippen LogP contribution >= 0.6 is 11.6 Å². The number of hydrogen-bond donors (Lipinski definition) is 3. The molecular formula is C11H14ClFN2O2. The Bertz CT molecular complexity index is 414. The second-order valence-corrected chi connectivity index (χ2v) is 4.13. The van der Waals surface area contributed by atoms with Crippen molar-refractivity contribution in [1.29, 1.82) is 0 Å². The van der Waals surface area contributed by atoms with Gasteiger partial charge in [-0.3, -0.25) is 4.79 Å². The van der Waals surface area contributed by atoms with Crippen LogP contribution in [0.4, 0.5) is 4.39 Å². The summed E-state index contributed by atoms with van der Waals surface area (Å²) in [6.45, 7) is 0. The van der Waals surface area contributed by atoms with E-state index in [9.17, 15) is 9.18 Å². The van der Waals surface area contributed by atoms with Crippen molar-refractivity contribution in [3.8, 4) is 0 Å². The molecule has 0 bridgehead atoms. The van der Waals surface area contributed by atoms with Crippen molar-refractivity contribution in [2.45, 2.75) is 18.5 Å². The number of carboxylic acid groups (broad SMARTS) is 1. The summed E-state index contributed by atoms with van der Waals surface area (Å²) in [4.78, 5) is 10.6. The summed E-state index contributed by atoms with van der Waals surface area (Å²) in [5, 5.41) is 11.9. The number of halogens is 2. The molecule has 0 aromatic heterocycles. The highest BCUT2D eigenvalue weighted by molar-refractivity contribution is 6.30. The third-order valence-corrected chi connectivity index (χ3v) is 2.68. The van der Waals surface area contributed by atoms with Crippen LogP contribution in [0, 0.1) is 5.82 Å². The Morgan fingerprint density at radius 2 is 2.29 bits per heavy atom. The zero-order chi connectivity index (χ0) is 13.0. The number of likely N-dealkylation sites (N-methyl/N-ethyl adjacent to an activating group) is 1. The molecular weight excluding hydrogens is 247 g/mol. The fourth-order valence-corrected chi connectivity index (χ4v) is 1.85. The summed E-state index contributed by atoms with van der Waals surface area (Å²) in [5.41, 5.74) is 6.00. The number of nitrogens with one attached hydrogen (secondary N) is 1. The van der Waals surface area contributed by atoms with Gasteiger partial charge >= 0.3 is 5.97 Å². The summed E-state index contributed by atoms with van der Waals surface area (Å²) < 4.78 is 13.6. The van der Waals surface area contributed by atoms with Crippen molar-refractivity contribution in [2.24, 2.45) is 5.73 Å². The lowest BCUT2D eigenvalue weighted by Gasteiger charge is -2.23. The molecule has 0 aliphatic rings. The minimum absolute atomic E-state index is 0.253. The summed E-state index contributed by atoms with van der Waals surface area (Å²) in [7, 11) is 1.59. The van der Waals surface area contributed by atoms with Crippen molar-refractivity contribution < 1.29 is 14.3 Å². The standard InChI is InChI=1S/C11H14ClFN2O2/c1-15-11(9(14)5-10(16)17)7-4-6(12)2-3-8(7)13/h2-4,9,11,15H,5,14H2,1H3,(H,16,17). The fraction of sp³-hybridized carbons (Fsp3) is 0.364. The Kier molecular flexibility index (Phi) is 4.86. The van der Waals surface area contributed by atoms with Gasteiger partial charge in [-0.15, -0.1) is 0 Å². The van der Waals surface area contributed by atoms with Crippen LogP contribution in [0.5, 0.6) is 0 Å². The van der Waals surface area contributed by atoms with Gasteiger partial charge in [-0.25, -0.2) is 4.39 Å². The van der Waals surface area contributed by atoms with Gasteiger partial charge in [0.25, 0.3) is 0 Å². The first-order chi connectivity index (χ1) is 7.95. The Morgan fingerprint density at radius 3 is 2.82 bits per heavy atom. The lowest BCUT2D eigenvalue weighted by atomic mass is 9.97. The Balaban J connectivity index is 3.00. The summed E-state index contributed by atoms with van der Waals surface area (Å²) in [6.07, 6.45) is -0.253. The van der Waals surface area contributed by atoms with Crippen molar-refractivity contribution >= 4 is 17.6 Å². The normalized spacial score (nSPS) is 14.4.